The van der Waals surface area contributed by atoms with E-state index in [-0.39, 0.29) is 5.56 Å². The van der Waals surface area contributed by atoms with Crippen LogP contribution in [0, 0.1) is 24.1 Å². The van der Waals surface area contributed by atoms with Crippen LogP contribution in [0.2, 0.25) is 0 Å². The number of carbonyl (C=O) groups is 1. The molecule has 3 rings (SSSR count). The molecule has 0 aliphatic heterocycles. The molecular weight excluding hydrogens is 389 g/mol. The molecule has 1 heterocycles. The molecule has 1 amide bonds. The van der Waals surface area contributed by atoms with Crippen LogP contribution in [0.4, 0.5) is 4.39 Å². The summed E-state index contributed by atoms with van der Waals surface area (Å²) in [5.74, 6) is -0.382. The Morgan fingerprint density at radius 3 is 2.90 bits per heavy atom. The zero-order chi connectivity index (χ0) is 20.6. The van der Waals surface area contributed by atoms with Gasteiger partial charge in [0.15, 0.2) is 0 Å². The summed E-state index contributed by atoms with van der Waals surface area (Å²) in [5, 5.41) is 14.7. The van der Waals surface area contributed by atoms with Crippen molar-refractivity contribution in [2.75, 3.05) is 0 Å². The van der Waals surface area contributed by atoms with Gasteiger partial charge in [-0.1, -0.05) is 30.3 Å². The summed E-state index contributed by atoms with van der Waals surface area (Å²) in [7, 11) is 0. The first-order valence-electron chi connectivity index (χ1n) is 8.81. The minimum atomic E-state index is -1.07. The van der Waals surface area contributed by atoms with Crippen LogP contribution in [-0.4, -0.2) is 10.9 Å². The van der Waals surface area contributed by atoms with Crippen molar-refractivity contribution >= 4 is 23.3 Å². The number of thiazole rings is 1. The second-order valence-corrected chi connectivity index (χ2v) is 7.21. The molecule has 0 spiro atoms. The lowest BCUT2D eigenvalue weighted by Crippen LogP contribution is -2.26. The first-order valence-corrected chi connectivity index (χ1v) is 9.69. The van der Waals surface area contributed by atoms with Crippen LogP contribution in [-0.2, 0) is 11.4 Å². The molecule has 1 unspecified atom stereocenters. The molecule has 5 nitrogen and oxygen atoms in total. The standard InChI is InChI=1S/C22H18FN3O2S/c1-15-25-17(14-29-15)13-28-18-6-4-5-16(11-18)9-10-22(27)26-21(12-24)19-7-2-3-8-20(19)23/h2-11,14,21H,13H2,1H3,(H,26,27)/b10-9+. The summed E-state index contributed by atoms with van der Waals surface area (Å²) < 4.78 is 19.6. The lowest BCUT2D eigenvalue weighted by atomic mass is 10.1. The van der Waals surface area contributed by atoms with Gasteiger partial charge in [-0.25, -0.2) is 9.37 Å². The number of amides is 1. The lowest BCUT2D eigenvalue weighted by molar-refractivity contribution is -0.116. The third-order valence-electron chi connectivity index (χ3n) is 3.97. The average Bonchev–Trinajstić information content (AvgIpc) is 3.15. The Hall–Kier alpha value is -3.50. The van der Waals surface area contributed by atoms with Gasteiger partial charge in [-0.3, -0.25) is 4.79 Å². The number of aromatic nitrogens is 1. The van der Waals surface area contributed by atoms with E-state index in [0.717, 1.165) is 16.3 Å². The maximum Gasteiger partial charge on any atom is 0.245 e. The monoisotopic (exact) mass is 407 g/mol. The molecule has 0 aliphatic carbocycles. The molecule has 0 saturated heterocycles. The van der Waals surface area contributed by atoms with Gasteiger partial charge < -0.3 is 10.1 Å². The van der Waals surface area contributed by atoms with Gasteiger partial charge in [0, 0.05) is 17.0 Å². The Labute approximate surface area is 172 Å². The Morgan fingerprint density at radius 1 is 1.34 bits per heavy atom. The van der Waals surface area contributed by atoms with Crippen molar-refractivity contribution in [3.05, 3.63) is 87.6 Å². The van der Waals surface area contributed by atoms with Crippen LogP contribution < -0.4 is 10.1 Å². The summed E-state index contributed by atoms with van der Waals surface area (Å²) in [4.78, 5) is 16.5. The molecule has 1 atom stereocenters. The maximum atomic E-state index is 13.8. The number of rotatable bonds is 7. The first kappa shape index (κ1) is 20.2. The molecule has 3 aromatic rings. The van der Waals surface area contributed by atoms with Gasteiger partial charge in [0.25, 0.3) is 0 Å². The first-order chi connectivity index (χ1) is 14.0. The van der Waals surface area contributed by atoms with Crippen LogP contribution >= 0.6 is 11.3 Å². The number of hydrogen-bond donors (Lipinski definition) is 1. The predicted molar refractivity (Wildman–Crippen MR) is 110 cm³/mol. The summed E-state index contributed by atoms with van der Waals surface area (Å²) in [6.07, 6.45) is 2.90. The van der Waals surface area contributed by atoms with Crippen molar-refractivity contribution < 1.29 is 13.9 Å². The largest absolute Gasteiger partial charge is 0.487 e. The second kappa shape index (κ2) is 9.62. The van der Waals surface area contributed by atoms with Crippen molar-refractivity contribution in [1.29, 1.82) is 5.26 Å². The molecule has 1 N–H and O–H groups in total. The number of halogens is 1. The molecular formula is C22H18FN3O2S. The second-order valence-electron chi connectivity index (χ2n) is 6.14. The summed E-state index contributed by atoms with van der Waals surface area (Å²) >= 11 is 1.57. The number of carbonyl (C=O) groups excluding carboxylic acids is 1. The number of nitriles is 1. The Kier molecular flexibility index (Phi) is 6.72. The number of aryl methyl sites for hydroxylation is 1. The van der Waals surface area contributed by atoms with Crippen LogP contribution in [0.15, 0.2) is 60.0 Å². The van der Waals surface area contributed by atoms with Crippen LogP contribution in [0.25, 0.3) is 6.08 Å². The number of nitrogens with one attached hydrogen (secondary N) is 1. The average molecular weight is 407 g/mol. The van der Waals surface area contributed by atoms with Crippen molar-refractivity contribution in [3.8, 4) is 11.8 Å². The van der Waals surface area contributed by atoms with E-state index in [9.17, 15) is 14.4 Å². The zero-order valence-electron chi connectivity index (χ0n) is 15.6. The van der Waals surface area contributed by atoms with Crippen LogP contribution in [0.5, 0.6) is 5.75 Å². The van der Waals surface area contributed by atoms with Crippen molar-refractivity contribution in [2.45, 2.75) is 19.6 Å². The van der Waals surface area contributed by atoms with Gasteiger partial charge in [-0.05, 0) is 36.8 Å². The highest BCUT2D eigenvalue weighted by atomic mass is 32.1. The normalized spacial score (nSPS) is 11.8. The van der Waals surface area contributed by atoms with E-state index in [1.165, 1.54) is 24.3 Å². The Morgan fingerprint density at radius 2 is 2.17 bits per heavy atom. The lowest BCUT2D eigenvalue weighted by Gasteiger charge is -2.11. The molecule has 1 aromatic heterocycles. The van der Waals surface area contributed by atoms with E-state index in [2.05, 4.69) is 10.3 Å². The molecule has 29 heavy (non-hydrogen) atoms. The molecule has 146 valence electrons. The molecule has 7 heteroatoms. The minimum Gasteiger partial charge on any atom is -0.487 e. The van der Waals surface area contributed by atoms with E-state index >= 15 is 0 Å². The van der Waals surface area contributed by atoms with Gasteiger partial charge in [-0.2, -0.15) is 5.26 Å². The fourth-order valence-corrected chi connectivity index (χ4v) is 3.19. The molecule has 0 fully saturated rings. The molecule has 0 aliphatic rings. The van der Waals surface area contributed by atoms with Gasteiger partial charge in [-0.15, -0.1) is 11.3 Å². The summed E-state index contributed by atoms with van der Waals surface area (Å²) in [5.41, 5.74) is 1.75. The highest BCUT2D eigenvalue weighted by Crippen LogP contribution is 2.18. The van der Waals surface area contributed by atoms with Crippen molar-refractivity contribution in [1.82, 2.24) is 10.3 Å². The molecule has 0 radical (unpaired) electrons. The number of ether oxygens (including phenoxy) is 1. The summed E-state index contributed by atoms with van der Waals surface area (Å²) in [6, 6.07) is 13.9. The zero-order valence-corrected chi connectivity index (χ0v) is 16.4. The Balaban J connectivity index is 1.61. The molecule has 0 saturated carbocycles. The van der Waals surface area contributed by atoms with Gasteiger partial charge in [0.2, 0.25) is 5.91 Å². The third kappa shape index (κ3) is 5.74. The van der Waals surface area contributed by atoms with Gasteiger partial charge >= 0.3 is 0 Å². The highest BCUT2D eigenvalue weighted by Gasteiger charge is 2.15. The Bertz CT molecular complexity index is 1070. The van der Waals surface area contributed by atoms with E-state index in [1.54, 1.807) is 29.5 Å². The fourth-order valence-electron chi connectivity index (χ4n) is 2.59. The SMILES string of the molecule is Cc1nc(COc2cccc(/C=C/C(=O)NC(C#N)c3ccccc3F)c2)cs1. The smallest absolute Gasteiger partial charge is 0.245 e. The maximum absolute atomic E-state index is 13.8. The van der Waals surface area contributed by atoms with Crippen molar-refractivity contribution in [3.63, 3.8) is 0 Å². The molecule has 2 aromatic carbocycles. The van der Waals surface area contributed by atoms with Crippen molar-refractivity contribution in [2.24, 2.45) is 0 Å². The van der Waals surface area contributed by atoms with Gasteiger partial charge in [0.05, 0.1) is 16.8 Å². The summed E-state index contributed by atoms with van der Waals surface area (Å²) in [6.45, 7) is 2.30. The van der Waals surface area contributed by atoms with Gasteiger partial charge in [0.1, 0.15) is 24.2 Å². The number of nitrogens with zero attached hydrogens (tertiary/aromatic N) is 2. The van der Waals surface area contributed by atoms with Crippen LogP contribution in [0.1, 0.15) is 27.9 Å². The van der Waals surface area contributed by atoms with Crippen LogP contribution in [0.3, 0.4) is 0 Å². The van der Waals surface area contributed by atoms with E-state index < -0.39 is 17.8 Å². The third-order valence-corrected chi connectivity index (χ3v) is 4.79. The quantitative estimate of drug-likeness (QED) is 0.583. The van der Waals surface area contributed by atoms with E-state index in [4.69, 9.17) is 4.74 Å². The molecule has 0 bridgehead atoms. The van der Waals surface area contributed by atoms with E-state index in [0.29, 0.717) is 12.4 Å². The minimum absolute atomic E-state index is 0.129. The highest BCUT2D eigenvalue weighted by molar-refractivity contribution is 7.09. The number of hydrogen-bond acceptors (Lipinski definition) is 5. The topological polar surface area (TPSA) is 75.0 Å². The fraction of sp³-hybridized carbons (Fsp3) is 0.136. The predicted octanol–water partition coefficient (Wildman–Crippen LogP) is 4.56. The number of benzene rings is 2. The van der Waals surface area contributed by atoms with E-state index in [1.807, 2.05) is 36.6 Å².